The largest absolute Gasteiger partial charge is 0.411 e. The summed E-state index contributed by atoms with van der Waals surface area (Å²) in [6, 6.07) is 14.3. The van der Waals surface area contributed by atoms with Gasteiger partial charge < -0.3 is 9.64 Å². The van der Waals surface area contributed by atoms with Crippen molar-refractivity contribution in [3.05, 3.63) is 65.7 Å². The van der Waals surface area contributed by atoms with Crippen LogP contribution in [0.1, 0.15) is 15.9 Å². The lowest BCUT2D eigenvalue weighted by molar-refractivity contribution is -0.176. The summed E-state index contributed by atoms with van der Waals surface area (Å²) in [5.74, 6) is -0.301. The van der Waals surface area contributed by atoms with E-state index in [1.165, 1.54) is 27.4 Å². The van der Waals surface area contributed by atoms with Gasteiger partial charge in [0.1, 0.15) is 6.61 Å². The molecule has 162 valence electrons. The predicted molar refractivity (Wildman–Crippen MR) is 103 cm³/mol. The molecule has 0 radical (unpaired) electrons. The van der Waals surface area contributed by atoms with E-state index in [0.29, 0.717) is 11.1 Å². The Bertz CT molecular complexity index is 973. The van der Waals surface area contributed by atoms with Crippen molar-refractivity contribution in [3.8, 4) is 0 Å². The molecular formula is C20H21F3N2O4S. The average molecular weight is 442 g/mol. The molecule has 1 fully saturated rings. The zero-order valence-electron chi connectivity index (χ0n) is 16.0. The summed E-state index contributed by atoms with van der Waals surface area (Å²) < 4.78 is 67.9. The molecule has 0 bridgehead atoms. The van der Waals surface area contributed by atoms with E-state index in [2.05, 4.69) is 4.74 Å². The minimum Gasteiger partial charge on any atom is -0.367 e. The maximum Gasteiger partial charge on any atom is 0.411 e. The lowest BCUT2D eigenvalue weighted by Crippen LogP contribution is -2.50. The fraction of sp³-hybridized carbons (Fsp3) is 0.350. The van der Waals surface area contributed by atoms with Gasteiger partial charge in [-0.2, -0.15) is 17.5 Å². The van der Waals surface area contributed by atoms with Crippen molar-refractivity contribution < 1.29 is 31.1 Å². The standard InChI is InChI=1S/C20H21F3N2O4S/c21-20(22,23)15-29-14-16-5-4-6-17(13-16)19(26)24-9-11-25(12-10-24)30(27,28)18-7-2-1-3-8-18/h1-8,13H,9-12,14-15H2. The molecule has 1 amide bonds. The molecule has 3 rings (SSSR count). The number of benzene rings is 2. The van der Waals surface area contributed by atoms with Gasteiger partial charge in [0.2, 0.25) is 10.0 Å². The second-order valence-electron chi connectivity index (χ2n) is 6.82. The number of nitrogens with zero attached hydrogens (tertiary/aromatic N) is 2. The summed E-state index contributed by atoms with van der Waals surface area (Å²) in [7, 11) is -3.62. The van der Waals surface area contributed by atoms with Gasteiger partial charge in [-0.1, -0.05) is 30.3 Å². The summed E-state index contributed by atoms with van der Waals surface area (Å²) in [4.78, 5) is 14.5. The van der Waals surface area contributed by atoms with Crippen LogP contribution < -0.4 is 0 Å². The second kappa shape index (κ2) is 9.15. The lowest BCUT2D eigenvalue weighted by Gasteiger charge is -2.34. The van der Waals surface area contributed by atoms with E-state index in [1.54, 1.807) is 36.4 Å². The number of ether oxygens (including phenoxy) is 1. The summed E-state index contributed by atoms with van der Waals surface area (Å²) in [5.41, 5.74) is 0.776. The molecule has 2 aromatic rings. The van der Waals surface area contributed by atoms with Crippen molar-refractivity contribution >= 4 is 15.9 Å². The number of carbonyl (C=O) groups excluding carboxylic acids is 1. The fourth-order valence-electron chi connectivity index (χ4n) is 3.13. The van der Waals surface area contributed by atoms with E-state index in [4.69, 9.17) is 0 Å². The number of alkyl halides is 3. The van der Waals surface area contributed by atoms with Gasteiger partial charge in [-0.05, 0) is 29.8 Å². The molecule has 1 aliphatic heterocycles. The number of hydrogen-bond acceptors (Lipinski definition) is 4. The molecule has 6 nitrogen and oxygen atoms in total. The van der Waals surface area contributed by atoms with Gasteiger partial charge in [0.25, 0.3) is 5.91 Å². The van der Waals surface area contributed by atoms with Crippen LogP contribution in [0.25, 0.3) is 0 Å². The topological polar surface area (TPSA) is 66.9 Å². The summed E-state index contributed by atoms with van der Waals surface area (Å²) in [5, 5.41) is 0. The number of rotatable bonds is 6. The Balaban J connectivity index is 1.60. The highest BCUT2D eigenvalue weighted by molar-refractivity contribution is 7.89. The molecule has 0 spiro atoms. The van der Waals surface area contributed by atoms with Crippen molar-refractivity contribution in [2.45, 2.75) is 17.7 Å². The van der Waals surface area contributed by atoms with E-state index in [0.717, 1.165) is 0 Å². The van der Waals surface area contributed by atoms with Crippen LogP contribution in [-0.2, 0) is 21.4 Å². The molecule has 0 aromatic heterocycles. The maximum atomic E-state index is 12.7. The van der Waals surface area contributed by atoms with Crippen molar-refractivity contribution in [1.29, 1.82) is 0 Å². The highest BCUT2D eigenvalue weighted by Crippen LogP contribution is 2.19. The zero-order chi connectivity index (χ0) is 21.8. The molecule has 30 heavy (non-hydrogen) atoms. The van der Waals surface area contributed by atoms with Gasteiger partial charge in [0.15, 0.2) is 0 Å². The molecule has 1 aliphatic rings. The molecule has 0 atom stereocenters. The Labute approximate surface area is 172 Å². The van der Waals surface area contributed by atoms with Gasteiger partial charge in [-0.15, -0.1) is 0 Å². The van der Waals surface area contributed by atoms with E-state index in [1.807, 2.05) is 0 Å². The first-order valence-electron chi connectivity index (χ1n) is 9.25. The molecule has 1 heterocycles. The Kier molecular flexibility index (Phi) is 6.79. The van der Waals surface area contributed by atoms with E-state index < -0.39 is 22.8 Å². The molecular weight excluding hydrogens is 421 g/mol. The number of piperazine rings is 1. The van der Waals surface area contributed by atoms with Crippen LogP contribution >= 0.6 is 0 Å². The monoisotopic (exact) mass is 442 g/mol. The Hall–Kier alpha value is -2.43. The van der Waals surface area contributed by atoms with Crippen molar-refractivity contribution in [3.63, 3.8) is 0 Å². The zero-order valence-corrected chi connectivity index (χ0v) is 16.8. The average Bonchev–Trinajstić information content (AvgIpc) is 2.73. The first-order valence-corrected chi connectivity index (χ1v) is 10.7. The Morgan fingerprint density at radius 2 is 1.63 bits per heavy atom. The minimum atomic E-state index is -4.41. The van der Waals surface area contributed by atoms with Gasteiger partial charge >= 0.3 is 6.18 Å². The van der Waals surface area contributed by atoms with E-state index >= 15 is 0 Å². The quantitative estimate of drug-likeness (QED) is 0.690. The molecule has 10 heteroatoms. The van der Waals surface area contributed by atoms with Crippen LogP contribution in [0.2, 0.25) is 0 Å². The Morgan fingerprint density at radius 1 is 0.967 bits per heavy atom. The fourth-order valence-corrected chi connectivity index (χ4v) is 4.58. The normalized spacial score (nSPS) is 15.9. The first kappa shape index (κ1) is 22.3. The molecule has 0 N–H and O–H groups in total. The molecule has 0 saturated carbocycles. The highest BCUT2D eigenvalue weighted by atomic mass is 32.2. The van der Waals surface area contributed by atoms with Crippen LogP contribution in [0.5, 0.6) is 0 Å². The third-order valence-electron chi connectivity index (χ3n) is 4.62. The Morgan fingerprint density at radius 3 is 2.27 bits per heavy atom. The van der Waals surface area contributed by atoms with Crippen molar-refractivity contribution in [2.75, 3.05) is 32.8 Å². The highest BCUT2D eigenvalue weighted by Gasteiger charge is 2.30. The van der Waals surface area contributed by atoms with Crippen LogP contribution in [0.15, 0.2) is 59.5 Å². The van der Waals surface area contributed by atoms with Gasteiger partial charge in [-0.3, -0.25) is 4.79 Å². The predicted octanol–water partition coefficient (Wildman–Crippen LogP) is 2.91. The van der Waals surface area contributed by atoms with Gasteiger partial charge in [-0.25, -0.2) is 8.42 Å². The van der Waals surface area contributed by atoms with Crippen LogP contribution in [0.4, 0.5) is 13.2 Å². The smallest absolute Gasteiger partial charge is 0.367 e. The van der Waals surface area contributed by atoms with Gasteiger partial charge in [0, 0.05) is 31.7 Å². The van der Waals surface area contributed by atoms with Crippen molar-refractivity contribution in [2.24, 2.45) is 0 Å². The van der Waals surface area contributed by atoms with Crippen LogP contribution in [0, 0.1) is 0 Å². The van der Waals surface area contributed by atoms with Gasteiger partial charge in [0.05, 0.1) is 11.5 Å². The number of carbonyl (C=O) groups is 1. The molecule has 0 unspecified atom stereocenters. The number of hydrogen-bond donors (Lipinski definition) is 0. The lowest BCUT2D eigenvalue weighted by atomic mass is 10.1. The third kappa shape index (κ3) is 5.59. The molecule has 2 aromatic carbocycles. The molecule has 0 aliphatic carbocycles. The van der Waals surface area contributed by atoms with Crippen LogP contribution in [0.3, 0.4) is 0 Å². The summed E-state index contributed by atoms with van der Waals surface area (Å²) in [6.45, 7) is -0.846. The maximum absolute atomic E-state index is 12.7. The molecule has 1 saturated heterocycles. The number of amides is 1. The minimum absolute atomic E-state index is 0.164. The SMILES string of the molecule is O=C(c1cccc(COCC(F)(F)F)c1)N1CCN(S(=O)(=O)c2ccccc2)CC1. The first-order chi connectivity index (χ1) is 14.2. The van der Waals surface area contributed by atoms with Crippen LogP contribution in [-0.4, -0.2) is 62.5 Å². The number of halogens is 3. The summed E-state index contributed by atoms with van der Waals surface area (Å²) >= 11 is 0. The third-order valence-corrected chi connectivity index (χ3v) is 6.53. The number of sulfonamides is 1. The van der Waals surface area contributed by atoms with E-state index in [-0.39, 0.29) is 43.6 Å². The second-order valence-corrected chi connectivity index (χ2v) is 8.76. The summed E-state index contributed by atoms with van der Waals surface area (Å²) in [6.07, 6.45) is -4.41. The van der Waals surface area contributed by atoms with E-state index in [9.17, 15) is 26.4 Å². The van der Waals surface area contributed by atoms with Crippen molar-refractivity contribution in [1.82, 2.24) is 9.21 Å².